The lowest BCUT2D eigenvalue weighted by Gasteiger charge is -2.14. The van der Waals surface area contributed by atoms with Gasteiger partial charge in [-0.2, -0.15) is 0 Å². The molecule has 6 heteroatoms. The van der Waals surface area contributed by atoms with Crippen molar-refractivity contribution in [2.45, 2.75) is 13.5 Å². The Morgan fingerprint density at radius 3 is 2.42 bits per heavy atom. The van der Waals surface area contributed by atoms with Crippen LogP contribution in [0, 0.1) is 6.92 Å². The number of hydrogen-bond acceptors (Lipinski definition) is 4. The third kappa shape index (κ3) is 5.21. The fraction of sp³-hybridized carbons (Fsp3) is 0.200. The van der Waals surface area contributed by atoms with Crippen LogP contribution in [0.1, 0.15) is 5.56 Å². The van der Waals surface area contributed by atoms with E-state index >= 15 is 0 Å². The van der Waals surface area contributed by atoms with Gasteiger partial charge in [-0.1, -0.05) is 57.9 Å². The number of aromatic nitrogens is 2. The van der Waals surface area contributed by atoms with Crippen LogP contribution in [0.5, 0.6) is 5.75 Å². The lowest BCUT2D eigenvalue weighted by molar-refractivity contribution is 0.0940. The predicted octanol–water partition coefficient (Wildman–Crippen LogP) is 5.23. The van der Waals surface area contributed by atoms with Gasteiger partial charge in [0.15, 0.2) is 0 Å². The molecule has 31 heavy (non-hydrogen) atoms. The fourth-order valence-corrected chi connectivity index (χ4v) is 3.57. The zero-order valence-corrected chi connectivity index (χ0v) is 18.8. The maximum atomic E-state index is 13.2. The van der Waals surface area contributed by atoms with E-state index in [0.29, 0.717) is 43.1 Å². The summed E-state index contributed by atoms with van der Waals surface area (Å²) < 4.78 is 14.1. The van der Waals surface area contributed by atoms with Crippen LogP contribution in [-0.2, 0) is 11.3 Å². The normalized spacial score (nSPS) is 11.0. The molecule has 4 aromatic rings. The van der Waals surface area contributed by atoms with E-state index in [-0.39, 0.29) is 5.56 Å². The van der Waals surface area contributed by atoms with Gasteiger partial charge in [0.25, 0.3) is 5.56 Å². The number of para-hydroxylation sites is 1. The van der Waals surface area contributed by atoms with Gasteiger partial charge < -0.3 is 9.47 Å². The van der Waals surface area contributed by atoms with Crippen LogP contribution in [0.2, 0.25) is 0 Å². The topological polar surface area (TPSA) is 53.4 Å². The molecule has 0 unspecified atom stereocenters. The largest absolute Gasteiger partial charge is 0.491 e. The maximum absolute atomic E-state index is 13.2. The first-order chi connectivity index (χ1) is 15.1. The summed E-state index contributed by atoms with van der Waals surface area (Å²) in [5.41, 5.74) is 2.70. The first-order valence-corrected chi connectivity index (χ1v) is 10.9. The second-order valence-electron chi connectivity index (χ2n) is 7.19. The average molecular weight is 479 g/mol. The lowest BCUT2D eigenvalue weighted by atomic mass is 10.2. The number of ether oxygens (including phenoxy) is 2. The highest BCUT2D eigenvalue weighted by Gasteiger charge is 2.12. The van der Waals surface area contributed by atoms with Crippen LogP contribution in [0.4, 0.5) is 0 Å². The van der Waals surface area contributed by atoms with E-state index in [1.54, 1.807) is 4.57 Å². The van der Waals surface area contributed by atoms with Crippen molar-refractivity contribution < 1.29 is 9.47 Å². The van der Waals surface area contributed by atoms with Gasteiger partial charge in [0.05, 0.1) is 30.7 Å². The van der Waals surface area contributed by atoms with Gasteiger partial charge in [-0.3, -0.25) is 9.36 Å². The molecule has 3 aromatic carbocycles. The van der Waals surface area contributed by atoms with Crippen molar-refractivity contribution in [1.29, 1.82) is 0 Å². The van der Waals surface area contributed by atoms with E-state index in [0.717, 1.165) is 15.8 Å². The Morgan fingerprint density at radius 1 is 0.903 bits per heavy atom. The molecule has 0 aliphatic heterocycles. The minimum Gasteiger partial charge on any atom is -0.491 e. The molecule has 0 saturated carbocycles. The molecule has 0 fully saturated rings. The van der Waals surface area contributed by atoms with Crippen molar-refractivity contribution in [3.63, 3.8) is 0 Å². The second kappa shape index (κ2) is 9.90. The first kappa shape index (κ1) is 21.3. The first-order valence-electron chi connectivity index (χ1n) is 10.1. The zero-order chi connectivity index (χ0) is 21.6. The van der Waals surface area contributed by atoms with Crippen molar-refractivity contribution >= 4 is 26.8 Å². The Hall–Kier alpha value is -2.96. The highest BCUT2D eigenvalue weighted by atomic mass is 79.9. The van der Waals surface area contributed by atoms with E-state index in [2.05, 4.69) is 15.9 Å². The fourth-order valence-electron chi connectivity index (χ4n) is 3.31. The van der Waals surface area contributed by atoms with Gasteiger partial charge in [-0.05, 0) is 43.3 Å². The highest BCUT2D eigenvalue weighted by molar-refractivity contribution is 9.10. The number of rotatable bonds is 8. The molecular formula is C25H23BrN2O3. The number of benzene rings is 3. The Balaban J connectivity index is 1.46. The van der Waals surface area contributed by atoms with Gasteiger partial charge in [0, 0.05) is 10.0 Å². The molecule has 0 aliphatic carbocycles. The summed E-state index contributed by atoms with van der Waals surface area (Å²) in [4.78, 5) is 17.9. The Labute approximate surface area is 189 Å². The third-order valence-electron chi connectivity index (χ3n) is 4.94. The predicted molar refractivity (Wildman–Crippen MR) is 127 cm³/mol. The monoisotopic (exact) mass is 478 g/mol. The van der Waals surface area contributed by atoms with Crippen LogP contribution in [0.25, 0.3) is 22.3 Å². The number of fused-ring (bicyclic) bond motifs is 1. The standard InChI is InChI=1S/C25H23BrN2O3/c1-18-6-12-21(13-7-18)31-17-16-30-15-14-28-24(19-8-10-20(26)11-9-19)27-23-5-3-2-4-22(23)25(28)29/h2-13H,14-17H2,1H3. The molecule has 0 bridgehead atoms. The van der Waals surface area contributed by atoms with Crippen molar-refractivity contribution in [2.75, 3.05) is 19.8 Å². The number of nitrogens with zero attached hydrogens (tertiary/aromatic N) is 2. The molecule has 0 radical (unpaired) electrons. The van der Waals surface area contributed by atoms with Crippen molar-refractivity contribution in [1.82, 2.24) is 9.55 Å². The summed E-state index contributed by atoms with van der Waals surface area (Å²) in [6, 6.07) is 23.1. The van der Waals surface area contributed by atoms with E-state index in [1.807, 2.05) is 79.7 Å². The molecule has 0 saturated heterocycles. The summed E-state index contributed by atoms with van der Waals surface area (Å²) in [5, 5.41) is 0.603. The molecule has 0 atom stereocenters. The van der Waals surface area contributed by atoms with Crippen LogP contribution >= 0.6 is 15.9 Å². The van der Waals surface area contributed by atoms with Crippen molar-refractivity contribution in [3.8, 4) is 17.1 Å². The lowest BCUT2D eigenvalue weighted by Crippen LogP contribution is -2.26. The zero-order valence-electron chi connectivity index (χ0n) is 17.3. The van der Waals surface area contributed by atoms with Crippen molar-refractivity contribution in [2.24, 2.45) is 0 Å². The van der Waals surface area contributed by atoms with Crippen molar-refractivity contribution in [3.05, 3.63) is 93.2 Å². The highest BCUT2D eigenvalue weighted by Crippen LogP contribution is 2.21. The summed E-state index contributed by atoms with van der Waals surface area (Å²) in [6.07, 6.45) is 0. The molecule has 0 spiro atoms. The molecule has 5 nitrogen and oxygen atoms in total. The molecular weight excluding hydrogens is 456 g/mol. The molecule has 158 valence electrons. The summed E-state index contributed by atoms with van der Waals surface area (Å²) in [7, 11) is 0. The summed E-state index contributed by atoms with van der Waals surface area (Å²) in [5.74, 6) is 1.46. The number of halogens is 1. The second-order valence-corrected chi connectivity index (χ2v) is 8.11. The van der Waals surface area contributed by atoms with E-state index in [9.17, 15) is 4.79 Å². The van der Waals surface area contributed by atoms with Crippen LogP contribution in [0.15, 0.2) is 82.1 Å². The minimum atomic E-state index is -0.0666. The van der Waals surface area contributed by atoms with Crippen LogP contribution in [0.3, 0.4) is 0 Å². The van der Waals surface area contributed by atoms with Gasteiger partial charge in [0.1, 0.15) is 18.2 Å². The summed E-state index contributed by atoms with van der Waals surface area (Å²) >= 11 is 3.46. The van der Waals surface area contributed by atoms with Crippen LogP contribution in [-0.4, -0.2) is 29.4 Å². The molecule has 0 aliphatic rings. The minimum absolute atomic E-state index is 0.0666. The Morgan fingerprint density at radius 2 is 1.65 bits per heavy atom. The molecule has 4 rings (SSSR count). The van der Waals surface area contributed by atoms with Gasteiger partial charge in [-0.25, -0.2) is 4.98 Å². The quantitative estimate of drug-likeness (QED) is 0.325. The SMILES string of the molecule is Cc1ccc(OCCOCCn2c(-c3ccc(Br)cc3)nc3ccccc3c2=O)cc1. The Kier molecular flexibility index (Phi) is 6.79. The average Bonchev–Trinajstić information content (AvgIpc) is 2.79. The molecule has 0 amide bonds. The molecule has 1 aromatic heterocycles. The van der Waals surface area contributed by atoms with Gasteiger partial charge >= 0.3 is 0 Å². The van der Waals surface area contributed by atoms with E-state index in [4.69, 9.17) is 14.5 Å². The number of hydrogen-bond donors (Lipinski definition) is 0. The maximum Gasteiger partial charge on any atom is 0.261 e. The van der Waals surface area contributed by atoms with Crippen LogP contribution < -0.4 is 10.3 Å². The molecule has 1 heterocycles. The summed E-state index contributed by atoms with van der Waals surface area (Å²) in [6.45, 7) is 3.73. The van der Waals surface area contributed by atoms with Gasteiger partial charge in [-0.15, -0.1) is 0 Å². The molecule has 0 N–H and O–H groups in total. The van der Waals surface area contributed by atoms with Gasteiger partial charge in [0.2, 0.25) is 0 Å². The smallest absolute Gasteiger partial charge is 0.261 e. The third-order valence-corrected chi connectivity index (χ3v) is 5.47. The Bertz CT molecular complexity index is 1220. The van der Waals surface area contributed by atoms with E-state index in [1.165, 1.54) is 5.56 Å². The number of aryl methyl sites for hydroxylation is 1. The van der Waals surface area contributed by atoms with E-state index < -0.39 is 0 Å².